The summed E-state index contributed by atoms with van der Waals surface area (Å²) >= 11 is 0. The lowest BCUT2D eigenvalue weighted by molar-refractivity contribution is 0.102. The summed E-state index contributed by atoms with van der Waals surface area (Å²) in [6, 6.07) is 9.36. The zero-order valence-corrected chi connectivity index (χ0v) is 11.8. The van der Waals surface area contributed by atoms with Gasteiger partial charge in [0.25, 0.3) is 5.91 Å². The van der Waals surface area contributed by atoms with E-state index in [2.05, 4.69) is 10.3 Å². The van der Waals surface area contributed by atoms with Crippen molar-refractivity contribution in [2.45, 2.75) is 20.3 Å². The number of amides is 1. The third-order valence-corrected chi connectivity index (χ3v) is 3.33. The average Bonchev–Trinajstić information content (AvgIpc) is 2.44. The summed E-state index contributed by atoms with van der Waals surface area (Å²) in [5.74, 6) is -0.126. The Morgan fingerprint density at radius 2 is 2.10 bits per heavy atom. The van der Waals surface area contributed by atoms with Gasteiger partial charge in [0.15, 0.2) is 0 Å². The average molecular weight is 269 g/mol. The van der Waals surface area contributed by atoms with Crippen LogP contribution in [-0.4, -0.2) is 17.4 Å². The first-order chi connectivity index (χ1) is 9.61. The molecule has 1 aromatic carbocycles. The number of rotatable bonds is 4. The van der Waals surface area contributed by atoms with Gasteiger partial charge in [-0.25, -0.2) is 0 Å². The number of anilines is 1. The molecule has 4 nitrogen and oxygen atoms in total. The fourth-order valence-electron chi connectivity index (χ4n) is 1.99. The first-order valence-electron chi connectivity index (χ1n) is 6.64. The summed E-state index contributed by atoms with van der Waals surface area (Å²) in [7, 11) is 0. The molecule has 0 saturated carbocycles. The Morgan fingerprint density at radius 3 is 2.85 bits per heavy atom. The van der Waals surface area contributed by atoms with E-state index in [1.165, 1.54) is 0 Å². The van der Waals surface area contributed by atoms with E-state index in [1.807, 2.05) is 32.0 Å². The number of carbonyl (C=O) groups is 1. The van der Waals surface area contributed by atoms with Crippen LogP contribution in [0.4, 0.5) is 5.69 Å². The molecule has 3 N–H and O–H groups in total. The summed E-state index contributed by atoms with van der Waals surface area (Å²) in [5.41, 5.74) is 10.0. The Bertz CT molecular complexity index is 623. The van der Waals surface area contributed by atoms with Gasteiger partial charge in [-0.3, -0.25) is 9.78 Å². The molecule has 0 aliphatic rings. The number of aryl methyl sites for hydroxylation is 1. The largest absolute Gasteiger partial charge is 0.330 e. The van der Waals surface area contributed by atoms with Crippen LogP contribution < -0.4 is 11.1 Å². The molecule has 0 saturated heterocycles. The van der Waals surface area contributed by atoms with Crippen LogP contribution in [0.2, 0.25) is 0 Å². The number of nitrogens with two attached hydrogens (primary N) is 1. The third-order valence-electron chi connectivity index (χ3n) is 3.33. The van der Waals surface area contributed by atoms with Crippen LogP contribution in [0.5, 0.6) is 0 Å². The summed E-state index contributed by atoms with van der Waals surface area (Å²) in [4.78, 5) is 16.5. The van der Waals surface area contributed by atoms with Gasteiger partial charge >= 0.3 is 0 Å². The number of hydrogen-bond donors (Lipinski definition) is 2. The summed E-state index contributed by atoms with van der Waals surface area (Å²) in [6.07, 6.45) is 2.31. The highest BCUT2D eigenvalue weighted by Crippen LogP contribution is 2.18. The molecule has 104 valence electrons. The lowest BCUT2D eigenvalue weighted by Crippen LogP contribution is -2.14. The second-order valence-corrected chi connectivity index (χ2v) is 4.78. The van der Waals surface area contributed by atoms with Crippen molar-refractivity contribution in [3.8, 4) is 0 Å². The topological polar surface area (TPSA) is 68.0 Å². The van der Waals surface area contributed by atoms with Crippen LogP contribution in [0.3, 0.4) is 0 Å². The second-order valence-electron chi connectivity index (χ2n) is 4.78. The highest BCUT2D eigenvalue weighted by molar-refractivity contribution is 6.04. The van der Waals surface area contributed by atoms with Gasteiger partial charge in [-0.15, -0.1) is 0 Å². The quantitative estimate of drug-likeness (QED) is 0.895. The summed E-state index contributed by atoms with van der Waals surface area (Å²) in [6.45, 7) is 4.54. The molecule has 4 heteroatoms. The number of carbonyl (C=O) groups excluding carboxylic acids is 1. The van der Waals surface area contributed by atoms with Gasteiger partial charge < -0.3 is 11.1 Å². The van der Waals surface area contributed by atoms with E-state index in [1.54, 1.807) is 18.3 Å². The summed E-state index contributed by atoms with van der Waals surface area (Å²) < 4.78 is 0. The molecule has 0 unspecified atom stereocenters. The molecule has 1 aromatic heterocycles. The molecule has 2 rings (SSSR count). The van der Waals surface area contributed by atoms with Crippen molar-refractivity contribution in [3.63, 3.8) is 0 Å². The lowest BCUT2D eigenvalue weighted by atomic mass is 10.1. The molecule has 0 bridgehead atoms. The Hall–Kier alpha value is -2.20. The second kappa shape index (κ2) is 6.30. The Balaban J connectivity index is 2.19. The monoisotopic (exact) mass is 269 g/mol. The van der Waals surface area contributed by atoms with Crippen LogP contribution >= 0.6 is 0 Å². The minimum absolute atomic E-state index is 0.126. The SMILES string of the molecule is Cc1cccc(NC(=O)c2ccnc(CCN)c2)c1C. The van der Waals surface area contributed by atoms with Crippen LogP contribution in [0, 0.1) is 13.8 Å². The van der Waals surface area contributed by atoms with Crippen molar-refractivity contribution in [2.24, 2.45) is 5.73 Å². The van der Waals surface area contributed by atoms with Crippen LogP contribution in [-0.2, 0) is 6.42 Å². The van der Waals surface area contributed by atoms with Crippen molar-refractivity contribution in [3.05, 3.63) is 58.9 Å². The lowest BCUT2D eigenvalue weighted by Gasteiger charge is -2.10. The number of benzene rings is 1. The molecule has 0 aliphatic heterocycles. The van der Waals surface area contributed by atoms with E-state index in [9.17, 15) is 4.79 Å². The minimum Gasteiger partial charge on any atom is -0.330 e. The zero-order valence-electron chi connectivity index (χ0n) is 11.8. The van der Waals surface area contributed by atoms with Crippen LogP contribution in [0.15, 0.2) is 36.5 Å². The predicted molar refractivity (Wildman–Crippen MR) is 80.9 cm³/mol. The van der Waals surface area contributed by atoms with Crippen molar-refractivity contribution in [1.82, 2.24) is 4.98 Å². The Kier molecular flexibility index (Phi) is 4.48. The van der Waals surface area contributed by atoms with Crippen LogP contribution in [0.25, 0.3) is 0 Å². The third kappa shape index (κ3) is 3.22. The number of nitrogens with one attached hydrogen (secondary N) is 1. The number of aromatic nitrogens is 1. The molecule has 0 radical (unpaired) electrons. The van der Waals surface area contributed by atoms with Crippen molar-refractivity contribution >= 4 is 11.6 Å². The van der Waals surface area contributed by atoms with E-state index >= 15 is 0 Å². The molecule has 20 heavy (non-hydrogen) atoms. The van der Waals surface area contributed by atoms with Crippen LogP contribution in [0.1, 0.15) is 27.2 Å². The van der Waals surface area contributed by atoms with Gasteiger partial charge in [-0.2, -0.15) is 0 Å². The fraction of sp³-hybridized carbons (Fsp3) is 0.250. The maximum absolute atomic E-state index is 12.3. The maximum atomic E-state index is 12.3. The zero-order chi connectivity index (χ0) is 14.5. The van der Waals surface area contributed by atoms with E-state index in [4.69, 9.17) is 5.73 Å². The number of nitrogens with zero attached hydrogens (tertiary/aromatic N) is 1. The highest BCUT2D eigenvalue weighted by Gasteiger charge is 2.09. The Morgan fingerprint density at radius 1 is 1.30 bits per heavy atom. The van der Waals surface area contributed by atoms with Crippen molar-refractivity contribution in [2.75, 3.05) is 11.9 Å². The first kappa shape index (κ1) is 14.2. The van der Waals surface area contributed by atoms with Gasteiger partial charge in [0, 0.05) is 29.6 Å². The van der Waals surface area contributed by atoms with E-state index in [0.29, 0.717) is 18.5 Å². The van der Waals surface area contributed by atoms with Gasteiger partial charge in [0.05, 0.1) is 0 Å². The van der Waals surface area contributed by atoms with Crippen molar-refractivity contribution in [1.29, 1.82) is 0 Å². The summed E-state index contributed by atoms with van der Waals surface area (Å²) in [5, 5.41) is 2.94. The van der Waals surface area contributed by atoms with E-state index < -0.39 is 0 Å². The molecule has 1 amide bonds. The minimum atomic E-state index is -0.126. The number of pyridine rings is 1. The van der Waals surface area contributed by atoms with Gasteiger partial charge in [-0.1, -0.05) is 12.1 Å². The van der Waals surface area contributed by atoms with Gasteiger partial charge in [-0.05, 0) is 49.7 Å². The normalized spacial score (nSPS) is 10.3. The molecule has 0 aliphatic carbocycles. The molecule has 0 atom stereocenters. The van der Waals surface area contributed by atoms with Gasteiger partial charge in [0.2, 0.25) is 0 Å². The highest BCUT2D eigenvalue weighted by atomic mass is 16.1. The molecule has 0 fully saturated rings. The molecule has 1 heterocycles. The standard InChI is InChI=1S/C16H19N3O/c1-11-4-3-5-15(12(11)2)19-16(20)13-7-9-18-14(10-13)6-8-17/h3-5,7,9-10H,6,8,17H2,1-2H3,(H,19,20). The molecular weight excluding hydrogens is 250 g/mol. The predicted octanol–water partition coefficient (Wildman–Crippen LogP) is 2.45. The van der Waals surface area contributed by atoms with E-state index in [-0.39, 0.29) is 5.91 Å². The van der Waals surface area contributed by atoms with E-state index in [0.717, 1.165) is 22.5 Å². The number of hydrogen-bond acceptors (Lipinski definition) is 3. The molecular formula is C16H19N3O. The van der Waals surface area contributed by atoms with Gasteiger partial charge in [0.1, 0.15) is 0 Å². The molecule has 0 spiro atoms. The maximum Gasteiger partial charge on any atom is 0.255 e. The molecule has 2 aromatic rings. The van der Waals surface area contributed by atoms with Crippen molar-refractivity contribution < 1.29 is 4.79 Å². The Labute approximate surface area is 119 Å². The fourth-order valence-corrected chi connectivity index (χ4v) is 1.99. The smallest absolute Gasteiger partial charge is 0.255 e. The first-order valence-corrected chi connectivity index (χ1v) is 6.64.